The zero-order valence-electron chi connectivity index (χ0n) is 10.6. The van der Waals surface area contributed by atoms with Gasteiger partial charge in [0.25, 0.3) is 0 Å². The third-order valence-electron chi connectivity index (χ3n) is 2.69. The highest BCUT2D eigenvalue weighted by Crippen LogP contribution is 2.43. The second kappa shape index (κ2) is 5.00. The molecule has 0 aliphatic heterocycles. The first kappa shape index (κ1) is 14.5. The third-order valence-corrected chi connectivity index (χ3v) is 3.60. The molecule has 3 heteroatoms. The van der Waals surface area contributed by atoms with Crippen LogP contribution in [0.2, 0.25) is 0 Å². The Morgan fingerprint density at radius 1 is 1.07 bits per heavy atom. The van der Waals surface area contributed by atoms with Crippen LogP contribution in [-0.4, -0.2) is 22.5 Å². The van der Waals surface area contributed by atoms with Crippen molar-refractivity contribution in [2.75, 3.05) is 5.88 Å². The van der Waals surface area contributed by atoms with Crippen molar-refractivity contribution in [1.82, 2.24) is 0 Å². The van der Waals surface area contributed by atoms with E-state index in [0.29, 0.717) is 11.8 Å². The molecule has 0 saturated carbocycles. The summed E-state index contributed by atoms with van der Waals surface area (Å²) in [4.78, 5) is 0. The summed E-state index contributed by atoms with van der Waals surface area (Å²) in [6, 6.07) is 0. The van der Waals surface area contributed by atoms with Crippen LogP contribution < -0.4 is 0 Å². The van der Waals surface area contributed by atoms with Crippen molar-refractivity contribution < 1.29 is 4.43 Å². The van der Waals surface area contributed by atoms with Crippen molar-refractivity contribution in [3.05, 3.63) is 0 Å². The molecule has 0 amide bonds. The van der Waals surface area contributed by atoms with Crippen LogP contribution >= 0.6 is 11.6 Å². The summed E-state index contributed by atoms with van der Waals surface area (Å²) in [6.07, 6.45) is 0.198. The Morgan fingerprint density at radius 3 is 1.50 bits per heavy atom. The molecule has 1 atom stereocenters. The van der Waals surface area contributed by atoms with Crippen molar-refractivity contribution in [1.29, 1.82) is 0 Å². The number of alkyl halides is 1. The number of hydrogen-bond acceptors (Lipinski definition) is 1. The first-order chi connectivity index (χ1) is 6.14. The summed E-state index contributed by atoms with van der Waals surface area (Å²) in [6.45, 7) is 13.6. The van der Waals surface area contributed by atoms with E-state index in [1.54, 1.807) is 0 Å². The summed E-state index contributed by atoms with van der Waals surface area (Å²) < 4.78 is 5.62. The van der Waals surface area contributed by atoms with E-state index in [1.165, 1.54) is 0 Å². The van der Waals surface area contributed by atoms with Gasteiger partial charge in [0.2, 0.25) is 0 Å². The SMILES string of the molecule is CC(C)(C)C(C(CCl)O[SiH3])C(C)(C)C. The molecular formula is C11H25ClOSi. The van der Waals surface area contributed by atoms with Crippen molar-refractivity contribution in [2.24, 2.45) is 16.7 Å². The molecule has 0 spiro atoms. The Hall–Kier alpha value is 0.467. The molecule has 0 bridgehead atoms. The fraction of sp³-hybridized carbons (Fsp3) is 1.00. The van der Waals surface area contributed by atoms with Gasteiger partial charge in [0, 0.05) is 5.88 Å². The van der Waals surface area contributed by atoms with Crippen LogP contribution in [0, 0.1) is 16.7 Å². The van der Waals surface area contributed by atoms with Crippen molar-refractivity contribution in [3.63, 3.8) is 0 Å². The van der Waals surface area contributed by atoms with Crippen molar-refractivity contribution in [2.45, 2.75) is 47.6 Å². The van der Waals surface area contributed by atoms with E-state index in [4.69, 9.17) is 16.0 Å². The molecule has 0 saturated heterocycles. The Morgan fingerprint density at radius 2 is 1.43 bits per heavy atom. The molecule has 14 heavy (non-hydrogen) atoms. The maximum absolute atomic E-state index is 5.97. The van der Waals surface area contributed by atoms with E-state index < -0.39 is 0 Å². The third kappa shape index (κ3) is 3.91. The predicted octanol–water partition coefficient (Wildman–Crippen LogP) is 2.60. The van der Waals surface area contributed by atoms with E-state index in [-0.39, 0.29) is 16.9 Å². The normalized spacial score (nSPS) is 16.3. The highest BCUT2D eigenvalue weighted by Gasteiger charge is 2.40. The minimum Gasteiger partial charge on any atom is -0.424 e. The van der Waals surface area contributed by atoms with Crippen LogP contribution in [0.3, 0.4) is 0 Å². The highest BCUT2D eigenvalue weighted by atomic mass is 35.5. The monoisotopic (exact) mass is 236 g/mol. The number of halogens is 1. The lowest BCUT2D eigenvalue weighted by atomic mass is 9.64. The molecule has 0 radical (unpaired) electrons. The van der Waals surface area contributed by atoms with Gasteiger partial charge >= 0.3 is 0 Å². The van der Waals surface area contributed by atoms with Gasteiger partial charge in [-0.3, -0.25) is 0 Å². The number of rotatable bonds is 3. The topological polar surface area (TPSA) is 9.23 Å². The molecule has 0 fully saturated rings. The second-order valence-electron chi connectivity index (χ2n) is 6.14. The summed E-state index contributed by atoms with van der Waals surface area (Å²) >= 11 is 5.97. The molecule has 0 aliphatic rings. The summed E-state index contributed by atoms with van der Waals surface area (Å²) in [5, 5.41) is 0. The molecule has 0 N–H and O–H groups in total. The average molecular weight is 237 g/mol. The molecule has 0 aromatic carbocycles. The largest absolute Gasteiger partial charge is 0.424 e. The molecular weight excluding hydrogens is 212 g/mol. The van der Waals surface area contributed by atoms with E-state index in [0.717, 1.165) is 10.5 Å². The van der Waals surface area contributed by atoms with Gasteiger partial charge in [-0.1, -0.05) is 41.5 Å². The lowest BCUT2D eigenvalue weighted by Crippen LogP contribution is -2.43. The molecule has 0 aliphatic carbocycles. The van der Waals surface area contributed by atoms with Crippen LogP contribution in [-0.2, 0) is 4.43 Å². The zero-order valence-corrected chi connectivity index (χ0v) is 13.4. The fourth-order valence-corrected chi connectivity index (χ4v) is 3.66. The molecule has 0 heterocycles. The predicted molar refractivity (Wildman–Crippen MR) is 67.9 cm³/mol. The second-order valence-corrected chi connectivity index (χ2v) is 6.92. The average Bonchev–Trinajstić information content (AvgIpc) is 1.94. The van der Waals surface area contributed by atoms with E-state index in [1.807, 2.05) is 0 Å². The van der Waals surface area contributed by atoms with Crippen LogP contribution in [0.4, 0.5) is 0 Å². The Balaban J connectivity index is 4.91. The molecule has 1 unspecified atom stereocenters. The maximum Gasteiger partial charge on any atom is 0.146 e. The first-order valence-corrected chi connectivity index (χ1v) is 6.58. The summed E-state index contributed by atoms with van der Waals surface area (Å²) in [5.41, 5.74) is 0.477. The molecule has 1 nitrogen and oxygen atoms in total. The Bertz CT molecular complexity index is 151. The van der Waals surface area contributed by atoms with Gasteiger partial charge < -0.3 is 4.43 Å². The van der Waals surface area contributed by atoms with Crippen LogP contribution in [0.25, 0.3) is 0 Å². The Labute approximate surface area is 97.1 Å². The van der Waals surface area contributed by atoms with Gasteiger partial charge in [-0.25, -0.2) is 0 Å². The van der Waals surface area contributed by atoms with Gasteiger partial charge in [0.1, 0.15) is 10.5 Å². The highest BCUT2D eigenvalue weighted by molar-refractivity contribution is 6.18. The van der Waals surface area contributed by atoms with Crippen molar-refractivity contribution >= 4 is 22.1 Å². The van der Waals surface area contributed by atoms with Gasteiger partial charge in [0.15, 0.2) is 0 Å². The molecule has 0 aromatic heterocycles. The summed E-state index contributed by atoms with van der Waals surface area (Å²) in [7, 11) is 0.763. The smallest absolute Gasteiger partial charge is 0.146 e. The quantitative estimate of drug-likeness (QED) is 0.541. The maximum atomic E-state index is 5.97. The molecule has 86 valence electrons. The van der Waals surface area contributed by atoms with Gasteiger partial charge in [-0.05, 0) is 16.7 Å². The number of hydrogen-bond donors (Lipinski definition) is 0. The fourth-order valence-electron chi connectivity index (χ4n) is 2.70. The van der Waals surface area contributed by atoms with E-state index >= 15 is 0 Å². The van der Waals surface area contributed by atoms with Crippen molar-refractivity contribution in [3.8, 4) is 0 Å². The van der Waals surface area contributed by atoms with Gasteiger partial charge in [0.05, 0.1) is 6.10 Å². The van der Waals surface area contributed by atoms with E-state index in [2.05, 4.69) is 41.5 Å². The lowest BCUT2D eigenvalue weighted by molar-refractivity contribution is 0.00410. The van der Waals surface area contributed by atoms with Crippen LogP contribution in [0.5, 0.6) is 0 Å². The van der Waals surface area contributed by atoms with Gasteiger partial charge in [-0.2, -0.15) is 0 Å². The Kier molecular flexibility index (Phi) is 5.16. The zero-order chi connectivity index (χ0) is 11.6. The van der Waals surface area contributed by atoms with Gasteiger partial charge in [-0.15, -0.1) is 11.6 Å². The summed E-state index contributed by atoms with van der Waals surface area (Å²) in [5.74, 6) is 1.09. The first-order valence-electron chi connectivity index (χ1n) is 5.23. The molecule has 0 aromatic rings. The van der Waals surface area contributed by atoms with E-state index in [9.17, 15) is 0 Å². The van der Waals surface area contributed by atoms with Crippen LogP contribution in [0.1, 0.15) is 41.5 Å². The molecule has 0 rings (SSSR count). The lowest BCUT2D eigenvalue weighted by Gasteiger charge is -2.44. The standard InChI is InChI=1S/C11H25ClOSi/c1-10(2,3)9(11(4,5)6)8(7-12)13-14/h8-9H,7H2,1-6,14H3. The van der Waals surface area contributed by atoms with Crippen LogP contribution in [0.15, 0.2) is 0 Å². The minimum absolute atomic E-state index is 0.198. The minimum atomic E-state index is 0.198.